The van der Waals surface area contributed by atoms with Gasteiger partial charge in [-0.2, -0.15) is 5.10 Å². The fraction of sp³-hybridized carbons (Fsp3) is 0.231. The number of thioether (sulfide) groups is 1. The van der Waals surface area contributed by atoms with Crippen molar-refractivity contribution in [2.45, 2.75) is 18.6 Å². The molecule has 22 heavy (non-hydrogen) atoms. The van der Waals surface area contributed by atoms with Gasteiger partial charge in [-0.3, -0.25) is 4.79 Å². The summed E-state index contributed by atoms with van der Waals surface area (Å²) in [6.07, 6.45) is -0.396. The van der Waals surface area contributed by atoms with Gasteiger partial charge in [0.15, 0.2) is 5.17 Å². The average Bonchev–Trinajstić information content (AvgIpc) is 2.78. The van der Waals surface area contributed by atoms with Gasteiger partial charge in [0.05, 0.1) is 11.0 Å². The largest absolute Gasteiger partial charge is 0.550 e. The van der Waals surface area contributed by atoms with Crippen LogP contribution < -0.4 is 10.4 Å². The average molecular weight is 341 g/mol. The van der Waals surface area contributed by atoms with Gasteiger partial charge in [-0.25, -0.2) is 0 Å². The molecule has 7 nitrogen and oxygen atoms in total. The molecule has 1 aromatic rings. The molecule has 1 aromatic carbocycles. The van der Waals surface area contributed by atoms with Crippen LogP contribution in [-0.4, -0.2) is 33.1 Å². The SMILES string of the molecule is C/C(=N\N=C1\NC(=O)[C@H](CC(=O)[O-])S1)c1cc(Cl)ccc1O. The number of aromatic hydroxyl groups is 1. The van der Waals surface area contributed by atoms with E-state index in [1.165, 1.54) is 18.2 Å². The number of amidine groups is 1. The standard InChI is InChI=1S/C13H12ClN3O4S/c1-6(8-4-7(14)2-3-9(8)18)16-17-13-15-12(21)10(22-13)5-11(19)20/h2-4,10,18H,5H2,1H3,(H,19,20)(H,15,17,21)/p-1/b16-6+/t10-/m0/s1. The number of nitrogens with one attached hydrogen (secondary N) is 1. The molecule has 1 atom stereocenters. The molecule has 2 rings (SSSR count). The van der Waals surface area contributed by atoms with Crippen LogP contribution in [0.1, 0.15) is 18.9 Å². The van der Waals surface area contributed by atoms with Crippen molar-refractivity contribution >= 4 is 46.1 Å². The highest BCUT2D eigenvalue weighted by atomic mass is 35.5. The molecule has 1 saturated heterocycles. The van der Waals surface area contributed by atoms with E-state index in [1.54, 1.807) is 6.92 Å². The van der Waals surface area contributed by atoms with Gasteiger partial charge in [0.2, 0.25) is 5.91 Å². The van der Waals surface area contributed by atoms with Crippen LogP contribution >= 0.6 is 23.4 Å². The molecule has 0 radical (unpaired) electrons. The number of hydrogen-bond acceptors (Lipinski definition) is 7. The summed E-state index contributed by atoms with van der Waals surface area (Å²) < 4.78 is 0. The molecule has 1 aliphatic heterocycles. The summed E-state index contributed by atoms with van der Waals surface area (Å²) in [6, 6.07) is 4.51. The Morgan fingerprint density at radius 3 is 2.95 bits per heavy atom. The lowest BCUT2D eigenvalue weighted by Crippen LogP contribution is -2.31. The van der Waals surface area contributed by atoms with Gasteiger partial charge in [0.25, 0.3) is 0 Å². The van der Waals surface area contributed by atoms with Crippen LogP contribution in [0.15, 0.2) is 28.4 Å². The van der Waals surface area contributed by atoms with E-state index in [9.17, 15) is 19.8 Å². The van der Waals surface area contributed by atoms with Gasteiger partial charge in [-0.1, -0.05) is 23.4 Å². The number of phenolic OH excluding ortho intramolecular Hbond substituents is 1. The maximum Gasteiger partial charge on any atom is 0.239 e. The van der Waals surface area contributed by atoms with Gasteiger partial charge < -0.3 is 20.3 Å². The Balaban J connectivity index is 2.15. The van der Waals surface area contributed by atoms with Crippen LogP contribution in [-0.2, 0) is 9.59 Å². The van der Waals surface area contributed by atoms with Crippen LogP contribution in [0.25, 0.3) is 0 Å². The van der Waals surface area contributed by atoms with Crippen molar-refractivity contribution in [3.8, 4) is 5.75 Å². The smallest absolute Gasteiger partial charge is 0.239 e. The third-order valence-corrected chi connectivity index (χ3v) is 4.08. The number of benzene rings is 1. The quantitative estimate of drug-likeness (QED) is 0.611. The van der Waals surface area contributed by atoms with Crippen molar-refractivity contribution in [1.29, 1.82) is 0 Å². The molecular formula is C13H11ClN3O4S-. The molecule has 0 unspecified atom stereocenters. The van der Waals surface area contributed by atoms with E-state index < -0.39 is 23.5 Å². The molecule has 1 amide bonds. The Kier molecular flexibility index (Phi) is 5.04. The van der Waals surface area contributed by atoms with Crippen molar-refractivity contribution < 1.29 is 19.8 Å². The van der Waals surface area contributed by atoms with Crippen LogP contribution in [0.5, 0.6) is 5.75 Å². The summed E-state index contributed by atoms with van der Waals surface area (Å²) in [6.45, 7) is 1.62. The minimum absolute atomic E-state index is 0.00351. The van der Waals surface area contributed by atoms with Crippen LogP contribution in [0.4, 0.5) is 0 Å². The van der Waals surface area contributed by atoms with E-state index in [4.69, 9.17) is 11.6 Å². The second-order valence-electron chi connectivity index (χ2n) is 4.42. The topological polar surface area (TPSA) is 114 Å². The summed E-state index contributed by atoms with van der Waals surface area (Å²) in [7, 11) is 0. The summed E-state index contributed by atoms with van der Waals surface area (Å²) in [4.78, 5) is 22.0. The molecule has 2 N–H and O–H groups in total. The van der Waals surface area contributed by atoms with E-state index in [1.807, 2.05) is 0 Å². The van der Waals surface area contributed by atoms with Crippen molar-refractivity contribution in [2.24, 2.45) is 10.2 Å². The summed E-state index contributed by atoms with van der Waals surface area (Å²) in [5.74, 6) is -1.76. The Morgan fingerprint density at radius 1 is 1.55 bits per heavy atom. The lowest BCUT2D eigenvalue weighted by atomic mass is 10.1. The lowest BCUT2D eigenvalue weighted by Gasteiger charge is -2.04. The minimum Gasteiger partial charge on any atom is -0.550 e. The molecule has 0 aromatic heterocycles. The highest BCUT2D eigenvalue weighted by Gasteiger charge is 2.30. The van der Waals surface area contributed by atoms with Crippen molar-refractivity contribution in [3.63, 3.8) is 0 Å². The Hall–Kier alpha value is -2.06. The molecule has 1 aliphatic rings. The predicted molar refractivity (Wildman–Crippen MR) is 81.9 cm³/mol. The number of halogens is 1. The first-order valence-electron chi connectivity index (χ1n) is 6.15. The molecule has 116 valence electrons. The number of rotatable bonds is 4. The summed E-state index contributed by atoms with van der Waals surface area (Å²) in [5.41, 5.74) is 0.808. The van der Waals surface area contributed by atoms with Crippen LogP contribution in [0, 0.1) is 0 Å². The Morgan fingerprint density at radius 2 is 2.27 bits per heavy atom. The Labute approximate surface area is 135 Å². The summed E-state index contributed by atoms with van der Waals surface area (Å²) >= 11 is 6.81. The summed E-state index contributed by atoms with van der Waals surface area (Å²) in [5, 5.41) is 30.3. The first kappa shape index (κ1) is 16.3. The van der Waals surface area contributed by atoms with E-state index in [-0.39, 0.29) is 10.9 Å². The van der Waals surface area contributed by atoms with E-state index >= 15 is 0 Å². The number of carboxylic acids is 1. The lowest BCUT2D eigenvalue weighted by molar-refractivity contribution is -0.305. The molecule has 1 heterocycles. The van der Waals surface area contributed by atoms with Crippen molar-refractivity contribution in [2.75, 3.05) is 0 Å². The number of carboxylic acid groups (broad SMARTS) is 1. The molecule has 1 fully saturated rings. The molecular weight excluding hydrogens is 330 g/mol. The highest BCUT2D eigenvalue weighted by Crippen LogP contribution is 2.24. The first-order chi connectivity index (χ1) is 10.4. The third kappa shape index (κ3) is 3.99. The zero-order valence-corrected chi connectivity index (χ0v) is 12.9. The maximum atomic E-state index is 11.5. The molecule has 0 aliphatic carbocycles. The maximum absolute atomic E-state index is 11.5. The monoisotopic (exact) mass is 340 g/mol. The third-order valence-electron chi connectivity index (χ3n) is 2.77. The number of amides is 1. The van der Waals surface area contributed by atoms with Gasteiger partial charge in [0.1, 0.15) is 5.75 Å². The fourth-order valence-corrected chi connectivity index (χ4v) is 2.78. The highest BCUT2D eigenvalue weighted by molar-refractivity contribution is 8.15. The van der Waals surface area contributed by atoms with E-state index in [0.29, 0.717) is 16.3 Å². The van der Waals surface area contributed by atoms with E-state index in [0.717, 1.165) is 11.8 Å². The van der Waals surface area contributed by atoms with Crippen LogP contribution in [0.3, 0.4) is 0 Å². The molecule has 0 saturated carbocycles. The number of phenols is 1. The zero-order chi connectivity index (χ0) is 16.3. The van der Waals surface area contributed by atoms with Crippen molar-refractivity contribution in [1.82, 2.24) is 5.32 Å². The number of nitrogens with zero attached hydrogens (tertiary/aromatic N) is 2. The molecule has 0 spiro atoms. The van der Waals surface area contributed by atoms with Crippen LogP contribution in [0.2, 0.25) is 5.02 Å². The van der Waals surface area contributed by atoms with Crippen molar-refractivity contribution in [3.05, 3.63) is 28.8 Å². The zero-order valence-electron chi connectivity index (χ0n) is 11.4. The van der Waals surface area contributed by atoms with Gasteiger partial charge in [-0.05, 0) is 25.1 Å². The molecule has 0 bridgehead atoms. The molecule has 9 heteroatoms. The minimum atomic E-state index is -1.31. The fourth-order valence-electron chi connectivity index (χ4n) is 1.71. The number of aliphatic carboxylic acids is 1. The second kappa shape index (κ2) is 6.80. The number of carbonyl (C=O) groups excluding carboxylic acids is 2. The number of carbonyl (C=O) groups is 2. The van der Waals surface area contributed by atoms with E-state index in [2.05, 4.69) is 15.5 Å². The Bertz CT molecular complexity index is 690. The van der Waals surface area contributed by atoms with Gasteiger partial charge >= 0.3 is 0 Å². The second-order valence-corrected chi connectivity index (χ2v) is 6.05. The van der Waals surface area contributed by atoms with Gasteiger partial charge in [0, 0.05) is 23.0 Å². The normalized spacial score (nSPS) is 20.3. The first-order valence-corrected chi connectivity index (χ1v) is 7.41. The predicted octanol–water partition coefficient (Wildman–Crippen LogP) is 0.497. The van der Waals surface area contributed by atoms with Gasteiger partial charge in [-0.15, -0.1) is 5.10 Å². The number of hydrogen-bond donors (Lipinski definition) is 2.